The second-order valence-electron chi connectivity index (χ2n) is 2.31. The van der Waals surface area contributed by atoms with E-state index in [-0.39, 0.29) is 12.1 Å². The van der Waals surface area contributed by atoms with Gasteiger partial charge in [-0.3, -0.25) is 0 Å². The summed E-state index contributed by atoms with van der Waals surface area (Å²) >= 11 is 0. The van der Waals surface area contributed by atoms with Gasteiger partial charge in [0, 0.05) is 5.56 Å². The summed E-state index contributed by atoms with van der Waals surface area (Å²) in [5.41, 5.74) is 0.124. The van der Waals surface area contributed by atoms with Crippen LogP contribution in [-0.4, -0.2) is 16.3 Å². The minimum atomic E-state index is -1.11. The average Bonchev–Trinajstić information content (AvgIpc) is 2.13. The van der Waals surface area contributed by atoms with Crippen molar-refractivity contribution in [2.45, 2.75) is 6.54 Å². The van der Waals surface area contributed by atoms with Crippen LogP contribution >= 0.6 is 0 Å². The Kier molecular flexibility index (Phi) is 2.62. The van der Waals surface area contributed by atoms with Crippen molar-refractivity contribution in [1.82, 2.24) is 0 Å². The van der Waals surface area contributed by atoms with Crippen LogP contribution in [-0.2, 0) is 11.3 Å². The smallest absolute Gasteiger partial charge is 0.235 e. The number of aliphatic imine (C=N–C) groups is 1. The summed E-state index contributed by atoms with van der Waals surface area (Å²) in [4.78, 5) is 12.9. The Bertz CT molecular complexity index is 372. The number of halogens is 1. The molecule has 0 radical (unpaired) electrons. The van der Waals surface area contributed by atoms with Crippen LogP contribution in [0.25, 0.3) is 0 Å². The van der Waals surface area contributed by atoms with E-state index in [1.807, 2.05) is 0 Å². The van der Waals surface area contributed by atoms with Crippen molar-refractivity contribution in [1.29, 1.82) is 0 Å². The van der Waals surface area contributed by atoms with E-state index < -0.39 is 17.3 Å². The molecule has 5 heteroatoms. The van der Waals surface area contributed by atoms with Crippen LogP contribution in [0, 0.1) is 5.82 Å². The van der Waals surface area contributed by atoms with Crippen LogP contribution in [0.4, 0.5) is 4.39 Å². The van der Waals surface area contributed by atoms with Gasteiger partial charge >= 0.3 is 0 Å². The molecule has 0 saturated heterocycles. The van der Waals surface area contributed by atoms with Gasteiger partial charge in [0.25, 0.3) is 0 Å². The van der Waals surface area contributed by atoms with Gasteiger partial charge in [-0.1, -0.05) is 0 Å². The van der Waals surface area contributed by atoms with Crippen LogP contribution in [0.1, 0.15) is 5.56 Å². The molecule has 0 amide bonds. The van der Waals surface area contributed by atoms with Crippen molar-refractivity contribution in [2.75, 3.05) is 0 Å². The van der Waals surface area contributed by atoms with Crippen LogP contribution in [0.15, 0.2) is 17.1 Å². The Balaban J connectivity index is 3.10. The minimum absolute atomic E-state index is 0.124. The first-order valence-corrected chi connectivity index (χ1v) is 3.39. The van der Waals surface area contributed by atoms with E-state index in [1.54, 1.807) is 0 Å². The van der Waals surface area contributed by atoms with Gasteiger partial charge in [-0.25, -0.2) is 9.79 Å². The maximum absolute atomic E-state index is 12.8. The lowest BCUT2D eigenvalue weighted by molar-refractivity contribution is 0.385. The molecule has 0 spiro atoms. The SMILES string of the molecule is O=C=NCc1ccc(O)c(F)c1O. The Morgan fingerprint density at radius 1 is 1.46 bits per heavy atom. The van der Waals surface area contributed by atoms with E-state index in [9.17, 15) is 9.18 Å². The fourth-order valence-electron chi connectivity index (χ4n) is 0.839. The molecule has 0 atom stereocenters. The lowest BCUT2D eigenvalue weighted by atomic mass is 10.2. The third-order valence-electron chi connectivity index (χ3n) is 1.49. The van der Waals surface area contributed by atoms with E-state index >= 15 is 0 Å². The van der Waals surface area contributed by atoms with E-state index in [2.05, 4.69) is 4.99 Å². The van der Waals surface area contributed by atoms with Gasteiger partial charge < -0.3 is 10.2 Å². The highest BCUT2D eigenvalue weighted by atomic mass is 19.1. The number of hydrogen-bond acceptors (Lipinski definition) is 4. The zero-order chi connectivity index (χ0) is 9.84. The summed E-state index contributed by atoms with van der Waals surface area (Å²) in [6.07, 6.45) is 1.26. The Hall–Kier alpha value is -1.87. The van der Waals surface area contributed by atoms with Crippen molar-refractivity contribution < 1.29 is 19.4 Å². The number of phenolic OH excluding ortho intramolecular Hbond substituents is 2. The fraction of sp³-hybridized carbons (Fsp3) is 0.125. The first kappa shape index (κ1) is 9.22. The van der Waals surface area contributed by atoms with Gasteiger partial charge in [0.05, 0.1) is 6.54 Å². The van der Waals surface area contributed by atoms with Crippen LogP contribution in [0.3, 0.4) is 0 Å². The molecule has 13 heavy (non-hydrogen) atoms. The second kappa shape index (κ2) is 3.69. The van der Waals surface area contributed by atoms with Gasteiger partial charge in [0.2, 0.25) is 11.9 Å². The molecule has 4 nitrogen and oxygen atoms in total. The largest absolute Gasteiger partial charge is 0.505 e. The van der Waals surface area contributed by atoms with Gasteiger partial charge in [-0.15, -0.1) is 0 Å². The number of carbonyl (C=O) groups excluding carboxylic acids is 1. The number of isocyanates is 1. The lowest BCUT2D eigenvalue weighted by Gasteiger charge is -2.02. The minimum Gasteiger partial charge on any atom is -0.505 e. The standard InChI is InChI=1S/C8H6FNO3/c9-7-6(12)2-1-5(8(7)13)3-10-4-11/h1-2,12-13H,3H2. The highest BCUT2D eigenvalue weighted by Gasteiger charge is 2.10. The number of benzene rings is 1. The van der Waals surface area contributed by atoms with Crippen molar-refractivity contribution in [3.63, 3.8) is 0 Å². The van der Waals surface area contributed by atoms with Gasteiger partial charge in [0.1, 0.15) is 0 Å². The first-order chi connectivity index (χ1) is 6.16. The number of rotatable bonds is 2. The van der Waals surface area contributed by atoms with E-state index in [0.717, 1.165) is 6.07 Å². The molecule has 68 valence electrons. The molecule has 1 aromatic carbocycles. The Morgan fingerprint density at radius 2 is 2.15 bits per heavy atom. The highest BCUT2D eigenvalue weighted by molar-refractivity contribution is 5.42. The Morgan fingerprint density at radius 3 is 2.77 bits per heavy atom. The predicted molar refractivity (Wildman–Crippen MR) is 41.6 cm³/mol. The van der Waals surface area contributed by atoms with Crippen molar-refractivity contribution in [3.8, 4) is 11.5 Å². The molecule has 0 aromatic heterocycles. The molecular weight excluding hydrogens is 177 g/mol. The molecule has 0 saturated carbocycles. The van der Waals surface area contributed by atoms with Crippen molar-refractivity contribution >= 4 is 6.08 Å². The van der Waals surface area contributed by atoms with E-state index in [4.69, 9.17) is 10.2 Å². The topological polar surface area (TPSA) is 69.9 Å². The van der Waals surface area contributed by atoms with Gasteiger partial charge in [-0.2, -0.15) is 4.39 Å². The number of nitrogens with zero attached hydrogens (tertiary/aromatic N) is 1. The van der Waals surface area contributed by atoms with Crippen LogP contribution in [0.5, 0.6) is 11.5 Å². The maximum Gasteiger partial charge on any atom is 0.235 e. The fourth-order valence-corrected chi connectivity index (χ4v) is 0.839. The lowest BCUT2D eigenvalue weighted by Crippen LogP contribution is -1.86. The molecule has 0 aliphatic heterocycles. The average molecular weight is 183 g/mol. The summed E-state index contributed by atoms with van der Waals surface area (Å²) in [5, 5.41) is 17.9. The highest BCUT2D eigenvalue weighted by Crippen LogP contribution is 2.28. The summed E-state index contributed by atoms with van der Waals surface area (Å²) < 4.78 is 12.8. The summed E-state index contributed by atoms with van der Waals surface area (Å²) in [6.45, 7) is -0.160. The number of aromatic hydroxyl groups is 2. The maximum atomic E-state index is 12.8. The third kappa shape index (κ3) is 1.83. The van der Waals surface area contributed by atoms with Crippen LogP contribution in [0.2, 0.25) is 0 Å². The van der Waals surface area contributed by atoms with Gasteiger partial charge in [-0.05, 0) is 12.1 Å². The molecule has 0 unspecified atom stereocenters. The summed E-state index contributed by atoms with van der Waals surface area (Å²) in [5.74, 6) is -2.45. The normalized spacial score (nSPS) is 9.31. The molecule has 0 bridgehead atoms. The number of hydrogen-bond donors (Lipinski definition) is 2. The van der Waals surface area contributed by atoms with Crippen molar-refractivity contribution in [3.05, 3.63) is 23.5 Å². The molecule has 0 fully saturated rings. The van der Waals surface area contributed by atoms with Crippen molar-refractivity contribution in [2.24, 2.45) is 4.99 Å². The molecular formula is C8H6FNO3. The zero-order valence-electron chi connectivity index (χ0n) is 6.49. The second-order valence-corrected chi connectivity index (χ2v) is 2.31. The third-order valence-corrected chi connectivity index (χ3v) is 1.49. The summed E-state index contributed by atoms with van der Waals surface area (Å²) in [6, 6.07) is 2.35. The molecule has 0 aliphatic rings. The molecule has 1 rings (SSSR count). The quantitative estimate of drug-likeness (QED) is 0.532. The Labute approximate surface area is 73.0 Å². The first-order valence-electron chi connectivity index (χ1n) is 3.39. The molecule has 0 aliphatic carbocycles. The number of phenols is 2. The van der Waals surface area contributed by atoms with Crippen LogP contribution < -0.4 is 0 Å². The molecule has 2 N–H and O–H groups in total. The van der Waals surface area contributed by atoms with E-state index in [0.29, 0.717) is 0 Å². The molecule has 0 heterocycles. The zero-order valence-corrected chi connectivity index (χ0v) is 6.49. The van der Waals surface area contributed by atoms with Gasteiger partial charge in [0.15, 0.2) is 11.5 Å². The van der Waals surface area contributed by atoms with E-state index in [1.165, 1.54) is 12.1 Å². The monoisotopic (exact) mass is 183 g/mol. The summed E-state index contributed by atoms with van der Waals surface area (Å²) in [7, 11) is 0. The molecule has 1 aromatic rings. The predicted octanol–water partition coefficient (Wildman–Crippen LogP) is 1.07.